The van der Waals surface area contributed by atoms with Crippen molar-refractivity contribution in [2.75, 3.05) is 6.54 Å². The van der Waals surface area contributed by atoms with E-state index in [1.165, 1.54) is 24.4 Å². The van der Waals surface area contributed by atoms with Gasteiger partial charge in [0.25, 0.3) is 0 Å². The smallest absolute Gasteiger partial charge is 0.311 e. The van der Waals surface area contributed by atoms with Crippen LogP contribution in [0.5, 0.6) is 5.75 Å². The first kappa shape index (κ1) is 14.6. The van der Waals surface area contributed by atoms with Crippen molar-refractivity contribution in [1.29, 1.82) is 0 Å². The van der Waals surface area contributed by atoms with Crippen molar-refractivity contribution in [1.82, 2.24) is 10.7 Å². The number of nitrogens with zero attached hydrogens (tertiary/aromatic N) is 2. The zero-order chi connectivity index (χ0) is 14.3. The van der Waals surface area contributed by atoms with E-state index in [0.717, 1.165) is 0 Å². The molecule has 0 heterocycles. The minimum Gasteiger partial charge on any atom is -0.502 e. The average Bonchev–Trinajstić information content (AvgIpc) is 2.38. The van der Waals surface area contributed by atoms with E-state index in [2.05, 4.69) is 22.4 Å². The van der Waals surface area contributed by atoms with Crippen molar-refractivity contribution in [2.45, 2.75) is 0 Å². The Morgan fingerprint density at radius 3 is 3.00 bits per heavy atom. The Kier molecular flexibility index (Phi) is 5.42. The fraction of sp³-hybridized carbons (Fsp3) is 0.0909. The molecule has 1 rings (SSSR count). The second-order valence-corrected chi connectivity index (χ2v) is 3.78. The number of nitrogens with one attached hydrogen (secondary N) is 2. The van der Waals surface area contributed by atoms with Crippen molar-refractivity contribution < 1.29 is 10.0 Å². The van der Waals surface area contributed by atoms with Gasteiger partial charge in [0, 0.05) is 18.2 Å². The third-order valence-corrected chi connectivity index (χ3v) is 2.22. The molecule has 0 radical (unpaired) electrons. The molecule has 0 atom stereocenters. The van der Waals surface area contributed by atoms with Crippen molar-refractivity contribution in [3.8, 4) is 5.75 Å². The maximum Gasteiger partial charge on any atom is 0.311 e. The largest absolute Gasteiger partial charge is 0.502 e. The lowest BCUT2D eigenvalue weighted by atomic mass is 10.2. The number of thiocarbonyl (C=S) groups is 1. The lowest BCUT2D eigenvalue weighted by molar-refractivity contribution is -0.385. The van der Waals surface area contributed by atoms with Gasteiger partial charge in [-0.15, -0.1) is 6.58 Å². The topological polar surface area (TPSA) is 99.8 Å². The van der Waals surface area contributed by atoms with Crippen LogP contribution in [0, 0.1) is 10.1 Å². The summed E-state index contributed by atoms with van der Waals surface area (Å²) in [5.41, 5.74) is 2.62. The maximum absolute atomic E-state index is 10.6. The van der Waals surface area contributed by atoms with Crippen molar-refractivity contribution in [2.24, 2.45) is 5.10 Å². The van der Waals surface area contributed by atoms with Gasteiger partial charge in [-0.25, -0.2) is 0 Å². The van der Waals surface area contributed by atoms with Gasteiger partial charge in [-0.05, 0) is 24.4 Å². The lowest BCUT2D eigenvalue weighted by Crippen LogP contribution is -2.31. The molecular weight excluding hydrogens is 268 g/mol. The monoisotopic (exact) mass is 280 g/mol. The predicted octanol–water partition coefficient (Wildman–Crippen LogP) is 1.28. The third kappa shape index (κ3) is 4.72. The molecule has 0 saturated carbocycles. The number of hydrazone groups is 1. The van der Waals surface area contributed by atoms with Gasteiger partial charge < -0.3 is 10.4 Å². The highest BCUT2D eigenvalue weighted by atomic mass is 32.1. The summed E-state index contributed by atoms with van der Waals surface area (Å²) < 4.78 is 0. The normalized spacial score (nSPS) is 10.1. The standard InChI is InChI=1S/C11H12N4O3S/c1-2-5-12-11(19)14-13-7-8-3-4-10(16)9(6-8)15(17)18/h2-4,6-7,16H,1,5H2,(H2,12,14,19)/b13-7-. The molecule has 1 aromatic carbocycles. The first-order valence-electron chi connectivity index (χ1n) is 5.20. The van der Waals surface area contributed by atoms with Gasteiger partial charge in [-0.1, -0.05) is 6.08 Å². The zero-order valence-corrected chi connectivity index (χ0v) is 10.7. The van der Waals surface area contributed by atoms with Gasteiger partial charge in [0.05, 0.1) is 11.1 Å². The molecule has 0 unspecified atom stereocenters. The molecule has 0 aromatic heterocycles. The zero-order valence-electron chi connectivity index (χ0n) is 9.87. The molecule has 19 heavy (non-hydrogen) atoms. The summed E-state index contributed by atoms with van der Waals surface area (Å²) in [6.07, 6.45) is 3.00. The quantitative estimate of drug-likeness (QED) is 0.247. The third-order valence-electron chi connectivity index (χ3n) is 1.98. The SMILES string of the molecule is C=CCNC(=S)N/N=C\c1ccc(O)c([N+](=O)[O-])c1. The Morgan fingerprint density at radius 2 is 2.37 bits per heavy atom. The minimum absolute atomic E-state index is 0.310. The number of hydrogen-bond donors (Lipinski definition) is 3. The number of phenolic OH excluding ortho intramolecular Hbond substituents is 1. The highest BCUT2D eigenvalue weighted by molar-refractivity contribution is 7.80. The van der Waals surface area contributed by atoms with Crippen LogP contribution in [0.15, 0.2) is 36.0 Å². The molecule has 3 N–H and O–H groups in total. The van der Waals surface area contributed by atoms with E-state index in [9.17, 15) is 15.2 Å². The summed E-state index contributed by atoms with van der Waals surface area (Å²) >= 11 is 4.89. The van der Waals surface area contributed by atoms with Gasteiger partial charge in [0.1, 0.15) is 0 Å². The lowest BCUT2D eigenvalue weighted by Gasteiger charge is -2.03. The Balaban J connectivity index is 2.67. The molecule has 0 fully saturated rings. The maximum atomic E-state index is 10.6. The molecule has 0 aliphatic heterocycles. The molecule has 7 nitrogen and oxygen atoms in total. The van der Waals surface area contributed by atoms with Crippen LogP contribution in [-0.4, -0.2) is 27.9 Å². The molecule has 8 heteroatoms. The van der Waals surface area contributed by atoms with Crippen molar-refractivity contribution in [3.05, 3.63) is 46.5 Å². The Morgan fingerprint density at radius 1 is 1.63 bits per heavy atom. The van der Waals surface area contributed by atoms with Crippen LogP contribution in [0.3, 0.4) is 0 Å². The molecule has 100 valence electrons. The van der Waals surface area contributed by atoms with Crippen LogP contribution in [0.2, 0.25) is 0 Å². The van der Waals surface area contributed by atoms with E-state index in [1.54, 1.807) is 6.08 Å². The molecule has 0 aliphatic rings. The molecule has 0 saturated heterocycles. The Hall–Kier alpha value is -2.48. The number of phenols is 1. The fourth-order valence-corrected chi connectivity index (χ4v) is 1.27. The van der Waals surface area contributed by atoms with Crippen LogP contribution < -0.4 is 10.7 Å². The molecule has 1 aromatic rings. The number of nitro benzene ring substituents is 1. The number of aromatic hydroxyl groups is 1. The van der Waals surface area contributed by atoms with E-state index in [0.29, 0.717) is 17.2 Å². The molecule has 0 amide bonds. The van der Waals surface area contributed by atoms with E-state index in [-0.39, 0.29) is 5.69 Å². The summed E-state index contributed by atoms with van der Waals surface area (Å²) in [6, 6.07) is 3.93. The first-order valence-corrected chi connectivity index (χ1v) is 5.60. The summed E-state index contributed by atoms with van der Waals surface area (Å²) in [6.45, 7) is 4.03. The second-order valence-electron chi connectivity index (χ2n) is 3.37. The molecule has 0 spiro atoms. The van der Waals surface area contributed by atoms with E-state index in [4.69, 9.17) is 12.2 Å². The number of benzene rings is 1. The van der Waals surface area contributed by atoms with Crippen LogP contribution in [-0.2, 0) is 0 Å². The van der Waals surface area contributed by atoms with E-state index in [1.807, 2.05) is 0 Å². The van der Waals surface area contributed by atoms with Gasteiger partial charge in [0.15, 0.2) is 10.9 Å². The van der Waals surface area contributed by atoms with Gasteiger partial charge in [-0.3, -0.25) is 15.5 Å². The van der Waals surface area contributed by atoms with Gasteiger partial charge in [-0.2, -0.15) is 5.10 Å². The fourth-order valence-electron chi connectivity index (χ4n) is 1.14. The van der Waals surface area contributed by atoms with Crippen molar-refractivity contribution >= 4 is 29.2 Å². The average molecular weight is 280 g/mol. The predicted molar refractivity (Wildman–Crippen MR) is 76.3 cm³/mol. The summed E-state index contributed by atoms with van der Waals surface area (Å²) in [4.78, 5) is 9.95. The summed E-state index contributed by atoms with van der Waals surface area (Å²) in [7, 11) is 0. The number of nitro groups is 1. The Labute approximate surface area is 114 Å². The van der Waals surface area contributed by atoms with Crippen molar-refractivity contribution in [3.63, 3.8) is 0 Å². The molecule has 0 bridgehead atoms. The number of hydrogen-bond acceptors (Lipinski definition) is 5. The number of rotatable bonds is 5. The van der Waals surface area contributed by atoms with Crippen LogP contribution in [0.4, 0.5) is 5.69 Å². The summed E-state index contributed by atoms with van der Waals surface area (Å²) in [5.74, 6) is -0.390. The summed E-state index contributed by atoms with van der Waals surface area (Å²) in [5, 5.41) is 26.8. The minimum atomic E-state index is -0.670. The van der Waals surface area contributed by atoms with Gasteiger partial charge in [0.2, 0.25) is 0 Å². The van der Waals surface area contributed by atoms with Gasteiger partial charge >= 0.3 is 5.69 Å². The van der Waals surface area contributed by atoms with E-state index >= 15 is 0 Å². The Bertz CT molecular complexity index is 531. The highest BCUT2D eigenvalue weighted by Crippen LogP contribution is 2.25. The first-order chi connectivity index (χ1) is 9.04. The van der Waals surface area contributed by atoms with Crippen LogP contribution in [0.25, 0.3) is 0 Å². The van der Waals surface area contributed by atoms with Crippen LogP contribution >= 0.6 is 12.2 Å². The molecule has 0 aliphatic carbocycles. The highest BCUT2D eigenvalue weighted by Gasteiger charge is 2.12. The molecular formula is C11H12N4O3S. The van der Waals surface area contributed by atoms with Crippen LogP contribution in [0.1, 0.15) is 5.56 Å². The van der Waals surface area contributed by atoms with E-state index < -0.39 is 10.7 Å². The second kappa shape index (κ2) is 7.07.